The fraction of sp³-hybridized carbons (Fsp3) is 0.438. The number of hydrogen-bond donors (Lipinski definition) is 0. The maximum atomic E-state index is 9.75. The molecule has 0 spiro atoms. The summed E-state index contributed by atoms with van der Waals surface area (Å²) in [5.41, 5.74) is 9.68. The lowest BCUT2D eigenvalue weighted by atomic mass is 9.88. The number of fused-ring (bicyclic) bond motifs is 3. The monoisotopic (exact) mass is 539 g/mol. The van der Waals surface area contributed by atoms with Crippen LogP contribution in [-0.2, 0) is 11.6 Å². The molecule has 38 heavy (non-hydrogen) atoms. The average Bonchev–Trinajstić information content (AvgIpc) is 3.20. The van der Waals surface area contributed by atoms with Gasteiger partial charge in [0.05, 0.1) is 0 Å². The fourth-order valence-electron chi connectivity index (χ4n) is 7.39. The van der Waals surface area contributed by atoms with Crippen molar-refractivity contribution < 1.29 is 17.3 Å². The molecule has 6 rings (SSSR count). The minimum Gasteiger partial charge on any atom is -0.418 e. The molecule has 2 fully saturated rings. The molecule has 0 atom stereocenters. The van der Waals surface area contributed by atoms with Crippen molar-refractivity contribution in [1.82, 2.24) is 0 Å². The van der Waals surface area contributed by atoms with Crippen LogP contribution in [0.25, 0.3) is 11.1 Å². The first-order chi connectivity index (χ1) is 18.4. The van der Waals surface area contributed by atoms with E-state index in [1.54, 1.807) is 11.1 Å². The van der Waals surface area contributed by atoms with Crippen LogP contribution in [0.15, 0.2) is 78.9 Å². The Bertz CT molecular complexity index is 1110. The third-order valence-electron chi connectivity index (χ3n) is 8.72. The van der Waals surface area contributed by atoms with Crippen molar-refractivity contribution in [2.24, 2.45) is 0 Å². The summed E-state index contributed by atoms with van der Waals surface area (Å²) in [6, 6.07) is 30.5. The standard InChI is InChI=1S/C32H37P.BF4/c1-4-14-25(15-5-1)24-32(30-22-12-10-20-28(30)29-21-11-13-23-31(29)32)33(26-16-6-2-7-17-26)27-18-8-3-9-19-27;2-1(3,4)5/h1,4-5,10-15,20-23,26-27H,2-3,6-9,16-19,24H2;/q;-1. The zero-order valence-electron chi connectivity index (χ0n) is 22.0. The van der Waals surface area contributed by atoms with Crippen LogP contribution >= 0.6 is 7.92 Å². The largest absolute Gasteiger partial charge is 0.673 e. The summed E-state index contributed by atoms with van der Waals surface area (Å²) in [5, 5.41) is 0.161. The molecule has 0 saturated heterocycles. The van der Waals surface area contributed by atoms with Crippen molar-refractivity contribution in [3.63, 3.8) is 0 Å². The summed E-state index contributed by atoms with van der Waals surface area (Å²) < 4.78 is 39.0. The molecular formula is C32H37BF4P-. The molecule has 202 valence electrons. The molecule has 3 aromatic carbocycles. The first kappa shape index (κ1) is 27.4. The summed E-state index contributed by atoms with van der Waals surface area (Å²) in [6.07, 6.45) is 15.7. The van der Waals surface area contributed by atoms with E-state index in [9.17, 15) is 17.3 Å². The maximum absolute atomic E-state index is 9.75. The lowest BCUT2D eigenvalue weighted by Gasteiger charge is -2.50. The van der Waals surface area contributed by atoms with Gasteiger partial charge >= 0.3 is 7.25 Å². The zero-order valence-corrected chi connectivity index (χ0v) is 22.9. The van der Waals surface area contributed by atoms with Crippen molar-refractivity contribution in [2.45, 2.75) is 87.1 Å². The molecule has 3 aliphatic carbocycles. The molecule has 0 heterocycles. The average molecular weight is 539 g/mol. The molecule has 0 aromatic heterocycles. The van der Waals surface area contributed by atoms with Crippen molar-refractivity contribution in [3.05, 3.63) is 95.6 Å². The lowest BCUT2D eigenvalue weighted by Crippen LogP contribution is -2.36. The first-order valence-corrected chi connectivity index (χ1v) is 15.7. The molecule has 6 heteroatoms. The van der Waals surface area contributed by atoms with E-state index in [-0.39, 0.29) is 13.1 Å². The molecule has 0 unspecified atom stereocenters. The second-order valence-electron chi connectivity index (χ2n) is 11.1. The second-order valence-corrected chi connectivity index (χ2v) is 14.1. The molecular weight excluding hydrogens is 502 g/mol. The van der Waals surface area contributed by atoms with Crippen molar-refractivity contribution in [3.8, 4) is 11.1 Å². The molecule has 0 nitrogen and oxygen atoms in total. The second kappa shape index (κ2) is 11.9. The van der Waals surface area contributed by atoms with Gasteiger partial charge in [0.25, 0.3) is 0 Å². The smallest absolute Gasteiger partial charge is 0.418 e. The van der Waals surface area contributed by atoms with Gasteiger partial charge in [-0.25, -0.2) is 0 Å². The van der Waals surface area contributed by atoms with Gasteiger partial charge in [-0.05, 0) is 71.2 Å². The SMILES string of the molecule is F[B-](F)(F)F.c1ccc(CC2(P(C3CCCCC3)C3CCCCC3)c3ccccc3-c3ccccc32)cc1. The van der Waals surface area contributed by atoms with Gasteiger partial charge in [-0.2, -0.15) is 0 Å². The summed E-state index contributed by atoms with van der Waals surface area (Å²) in [6.45, 7) is 0. The van der Waals surface area contributed by atoms with E-state index < -0.39 is 7.25 Å². The van der Waals surface area contributed by atoms with Crippen LogP contribution in [0.3, 0.4) is 0 Å². The van der Waals surface area contributed by atoms with Crippen molar-refractivity contribution in [1.29, 1.82) is 0 Å². The van der Waals surface area contributed by atoms with Crippen LogP contribution in [0.2, 0.25) is 0 Å². The Morgan fingerprint density at radius 2 is 0.974 bits per heavy atom. The van der Waals surface area contributed by atoms with E-state index in [0.717, 1.165) is 11.3 Å². The molecule has 3 aliphatic rings. The van der Waals surface area contributed by atoms with Crippen molar-refractivity contribution >= 4 is 15.2 Å². The van der Waals surface area contributed by atoms with E-state index in [1.165, 1.54) is 87.3 Å². The summed E-state index contributed by atoms with van der Waals surface area (Å²) in [4.78, 5) is 0. The number of benzene rings is 3. The van der Waals surface area contributed by atoms with E-state index in [1.807, 2.05) is 0 Å². The number of halogens is 4. The fourth-order valence-corrected chi connectivity index (χ4v) is 12.4. The van der Waals surface area contributed by atoms with Gasteiger partial charge < -0.3 is 17.3 Å². The predicted octanol–water partition coefficient (Wildman–Crippen LogP) is 10.6. The minimum atomic E-state index is -6.00. The van der Waals surface area contributed by atoms with E-state index in [2.05, 4.69) is 78.9 Å². The van der Waals surface area contributed by atoms with Crippen LogP contribution < -0.4 is 0 Å². The Morgan fingerprint density at radius 1 is 0.579 bits per heavy atom. The summed E-state index contributed by atoms with van der Waals surface area (Å²) in [5.74, 6) is 0. The molecule has 0 aliphatic heterocycles. The van der Waals surface area contributed by atoms with Crippen LogP contribution in [0, 0.1) is 0 Å². The van der Waals surface area contributed by atoms with Gasteiger partial charge in [0.15, 0.2) is 0 Å². The predicted molar refractivity (Wildman–Crippen MR) is 154 cm³/mol. The van der Waals surface area contributed by atoms with E-state index >= 15 is 0 Å². The van der Waals surface area contributed by atoms with Gasteiger partial charge in [0.2, 0.25) is 0 Å². The van der Waals surface area contributed by atoms with Crippen molar-refractivity contribution in [2.75, 3.05) is 0 Å². The maximum Gasteiger partial charge on any atom is 0.673 e. The molecule has 0 bridgehead atoms. The Morgan fingerprint density at radius 3 is 1.42 bits per heavy atom. The van der Waals surface area contributed by atoms with Gasteiger partial charge in [-0.15, -0.1) is 0 Å². The highest BCUT2D eigenvalue weighted by molar-refractivity contribution is 7.60. The highest BCUT2D eigenvalue weighted by Crippen LogP contribution is 2.74. The quantitative estimate of drug-likeness (QED) is 0.172. The lowest BCUT2D eigenvalue weighted by molar-refractivity contribution is 0.368. The number of rotatable bonds is 5. The molecule has 0 N–H and O–H groups in total. The topological polar surface area (TPSA) is 0 Å². The summed E-state index contributed by atoms with van der Waals surface area (Å²) >= 11 is 0. The Kier molecular flexibility index (Phi) is 8.63. The van der Waals surface area contributed by atoms with Crippen LogP contribution in [-0.4, -0.2) is 18.6 Å². The van der Waals surface area contributed by atoms with Gasteiger partial charge in [0, 0.05) is 5.16 Å². The highest BCUT2D eigenvalue weighted by Gasteiger charge is 2.53. The number of hydrogen-bond acceptors (Lipinski definition) is 0. The first-order valence-electron chi connectivity index (χ1n) is 14.3. The molecule has 0 amide bonds. The molecule has 0 radical (unpaired) electrons. The highest BCUT2D eigenvalue weighted by atomic mass is 31.1. The van der Waals surface area contributed by atoms with Crippen LogP contribution in [0.5, 0.6) is 0 Å². The third-order valence-corrected chi connectivity index (χ3v) is 12.8. The van der Waals surface area contributed by atoms with Crippen LogP contribution in [0.4, 0.5) is 17.3 Å². The van der Waals surface area contributed by atoms with E-state index in [4.69, 9.17) is 0 Å². The molecule has 2 saturated carbocycles. The Labute approximate surface area is 226 Å². The molecule has 3 aromatic rings. The van der Waals surface area contributed by atoms with E-state index in [0.29, 0.717) is 0 Å². The van der Waals surface area contributed by atoms with Gasteiger partial charge in [0.1, 0.15) is 0 Å². The van der Waals surface area contributed by atoms with Gasteiger partial charge in [-0.1, -0.05) is 125 Å². The minimum absolute atomic E-state index is 0.161. The summed E-state index contributed by atoms with van der Waals surface area (Å²) in [7, 11) is -6.18. The van der Waals surface area contributed by atoms with Gasteiger partial charge in [-0.3, -0.25) is 0 Å². The normalized spacial score (nSPS) is 19.4. The Balaban J connectivity index is 0.000000540. The van der Waals surface area contributed by atoms with Crippen LogP contribution in [0.1, 0.15) is 80.9 Å². The third kappa shape index (κ3) is 5.88. The zero-order chi connectivity index (χ0) is 26.6. The Hall–Kier alpha value is -2.13.